The van der Waals surface area contributed by atoms with Crippen LogP contribution in [-0.4, -0.2) is 0 Å². The lowest BCUT2D eigenvalue weighted by atomic mass is 9.67. The minimum atomic E-state index is -0.533. The van der Waals surface area contributed by atoms with Crippen LogP contribution in [0.15, 0.2) is 198 Å². The first-order valence-electron chi connectivity index (χ1n) is 18.3. The third-order valence-corrected chi connectivity index (χ3v) is 13.9. The van der Waals surface area contributed by atoms with E-state index in [-0.39, 0.29) is 0 Å². The maximum Gasteiger partial charge on any atom is 0.0736 e. The Morgan fingerprint density at radius 3 is 2.15 bits per heavy atom. The number of thiophene rings is 1. The Morgan fingerprint density at radius 1 is 0.574 bits per heavy atom. The molecular formula is C50H32ClNS2. The van der Waals surface area contributed by atoms with Gasteiger partial charge in [-0.1, -0.05) is 163 Å². The number of nitrogens with zero attached hydrogens (tertiary/aromatic N) is 1. The zero-order valence-electron chi connectivity index (χ0n) is 29.2. The summed E-state index contributed by atoms with van der Waals surface area (Å²) in [6.45, 7) is 0. The molecule has 2 heterocycles. The molecule has 0 radical (unpaired) electrons. The normalized spacial score (nSPS) is 14.7. The summed E-state index contributed by atoms with van der Waals surface area (Å²) in [5, 5.41) is 3.32. The summed E-state index contributed by atoms with van der Waals surface area (Å²) in [5.41, 5.74) is 13.3. The summed E-state index contributed by atoms with van der Waals surface area (Å²) in [6.07, 6.45) is 11.8. The van der Waals surface area contributed by atoms with Crippen LogP contribution < -0.4 is 4.90 Å². The van der Waals surface area contributed by atoms with E-state index in [1.54, 1.807) is 0 Å². The molecular weight excluding hydrogens is 714 g/mol. The third kappa shape index (κ3) is 4.59. The van der Waals surface area contributed by atoms with Crippen molar-refractivity contribution < 1.29 is 0 Å². The van der Waals surface area contributed by atoms with Gasteiger partial charge in [-0.2, -0.15) is 0 Å². The number of allylic oxidation sites excluding steroid dienone is 5. The molecule has 0 unspecified atom stereocenters. The first-order valence-corrected chi connectivity index (χ1v) is 20.4. The standard InChI is InChI=1S/C50H32ClNS2/c51-33-27-30-46-42(31-33)50(39-22-11-8-19-36(39)37-20-9-12-23-40(37)50)41-24-14-25-44(49(41)54-46)52(34-17-6-1-2-7-18-34)43-29-28-35(32-15-4-3-5-16-32)48-47(43)38-21-10-13-26-45(38)53-48/h1-17,19-31H,18H2. The van der Waals surface area contributed by atoms with Gasteiger partial charge in [-0.25, -0.2) is 0 Å². The highest BCUT2D eigenvalue weighted by Gasteiger charge is 2.51. The molecule has 4 heteroatoms. The van der Waals surface area contributed by atoms with Gasteiger partial charge in [0.05, 0.1) is 16.8 Å². The molecule has 3 aliphatic rings. The predicted molar refractivity (Wildman–Crippen MR) is 231 cm³/mol. The maximum atomic E-state index is 6.91. The largest absolute Gasteiger partial charge is 0.312 e. The van der Waals surface area contributed by atoms with Gasteiger partial charge in [0.2, 0.25) is 0 Å². The van der Waals surface area contributed by atoms with Crippen LogP contribution in [0, 0.1) is 0 Å². The van der Waals surface area contributed by atoms with Crippen molar-refractivity contribution in [3.63, 3.8) is 0 Å². The van der Waals surface area contributed by atoms with E-state index in [1.807, 2.05) is 29.2 Å². The highest BCUT2D eigenvalue weighted by Crippen LogP contribution is 2.64. The lowest BCUT2D eigenvalue weighted by Crippen LogP contribution is -2.32. The van der Waals surface area contributed by atoms with Gasteiger partial charge in [-0.3, -0.25) is 0 Å². The average Bonchev–Trinajstić information content (AvgIpc) is 3.61. The molecule has 2 aliphatic carbocycles. The van der Waals surface area contributed by atoms with E-state index in [0.29, 0.717) is 0 Å². The molecule has 1 spiro atoms. The fraction of sp³-hybridized carbons (Fsp3) is 0.0400. The minimum absolute atomic E-state index is 0.533. The van der Waals surface area contributed by atoms with Gasteiger partial charge in [0.1, 0.15) is 0 Å². The number of fused-ring (bicyclic) bond motifs is 12. The van der Waals surface area contributed by atoms with Crippen molar-refractivity contribution in [2.75, 3.05) is 4.90 Å². The lowest BCUT2D eigenvalue weighted by Gasteiger charge is -2.41. The second-order valence-corrected chi connectivity index (χ2v) is 16.6. The van der Waals surface area contributed by atoms with E-state index in [1.165, 1.54) is 91.5 Å². The Hall–Kier alpha value is -5.58. The van der Waals surface area contributed by atoms with Crippen LogP contribution in [0.4, 0.5) is 11.4 Å². The molecule has 0 bridgehead atoms. The van der Waals surface area contributed by atoms with E-state index >= 15 is 0 Å². The Bertz CT molecular complexity index is 2870. The van der Waals surface area contributed by atoms with Crippen LogP contribution in [0.25, 0.3) is 42.4 Å². The van der Waals surface area contributed by atoms with Crippen molar-refractivity contribution in [1.82, 2.24) is 0 Å². The van der Waals surface area contributed by atoms with Gasteiger partial charge in [-0.15, -0.1) is 11.3 Å². The second-order valence-electron chi connectivity index (χ2n) is 14.0. The highest BCUT2D eigenvalue weighted by molar-refractivity contribution is 7.99. The zero-order chi connectivity index (χ0) is 35.8. The molecule has 256 valence electrons. The molecule has 7 aromatic carbocycles. The van der Waals surface area contributed by atoms with E-state index in [0.717, 1.165) is 11.4 Å². The fourth-order valence-electron chi connectivity index (χ4n) is 9.07. The minimum Gasteiger partial charge on any atom is -0.312 e. The van der Waals surface area contributed by atoms with Crippen molar-refractivity contribution in [3.05, 3.63) is 215 Å². The number of rotatable bonds is 4. The van der Waals surface area contributed by atoms with Crippen LogP contribution in [0.5, 0.6) is 0 Å². The number of hydrogen-bond acceptors (Lipinski definition) is 3. The first kappa shape index (κ1) is 31.9. The molecule has 0 amide bonds. The van der Waals surface area contributed by atoms with Crippen molar-refractivity contribution in [1.29, 1.82) is 0 Å². The summed E-state index contributed by atoms with van der Waals surface area (Å²) in [5.74, 6) is 0. The smallest absolute Gasteiger partial charge is 0.0736 e. The molecule has 11 rings (SSSR count). The molecule has 0 N–H and O–H groups in total. The Balaban J connectivity index is 1.25. The SMILES string of the molecule is Clc1ccc2c(c1)C1(c3ccccc3-c3ccccc31)c1cccc(N(C3=CC=CC=CC3)c3ccc(-c4ccccc4)c4sc5ccccc5c34)c1S2. The average molecular weight is 746 g/mol. The molecule has 1 aromatic heterocycles. The quantitative estimate of drug-likeness (QED) is 0.176. The summed E-state index contributed by atoms with van der Waals surface area (Å²) < 4.78 is 2.60. The van der Waals surface area contributed by atoms with Gasteiger partial charge in [0, 0.05) is 47.1 Å². The van der Waals surface area contributed by atoms with Crippen LogP contribution in [0.3, 0.4) is 0 Å². The van der Waals surface area contributed by atoms with E-state index in [4.69, 9.17) is 11.6 Å². The number of benzene rings is 7. The van der Waals surface area contributed by atoms with Crippen molar-refractivity contribution in [2.45, 2.75) is 21.6 Å². The fourth-order valence-corrected chi connectivity index (χ4v) is 11.8. The third-order valence-electron chi connectivity index (χ3n) is 11.2. The Morgan fingerprint density at radius 2 is 1.31 bits per heavy atom. The lowest BCUT2D eigenvalue weighted by molar-refractivity contribution is 0.722. The van der Waals surface area contributed by atoms with Gasteiger partial charge < -0.3 is 4.90 Å². The molecule has 0 saturated carbocycles. The van der Waals surface area contributed by atoms with Gasteiger partial charge in [0.25, 0.3) is 0 Å². The molecule has 0 saturated heterocycles. The van der Waals surface area contributed by atoms with Crippen molar-refractivity contribution >= 4 is 66.2 Å². The van der Waals surface area contributed by atoms with Gasteiger partial charge in [0.15, 0.2) is 0 Å². The predicted octanol–water partition coefficient (Wildman–Crippen LogP) is 14.7. The van der Waals surface area contributed by atoms with E-state index in [2.05, 4.69) is 181 Å². The van der Waals surface area contributed by atoms with Crippen LogP contribution in [0.1, 0.15) is 28.7 Å². The van der Waals surface area contributed by atoms with Crippen LogP contribution >= 0.6 is 34.7 Å². The van der Waals surface area contributed by atoms with Crippen molar-refractivity contribution in [3.8, 4) is 22.3 Å². The van der Waals surface area contributed by atoms with E-state index < -0.39 is 5.41 Å². The zero-order valence-corrected chi connectivity index (χ0v) is 31.6. The Labute approximate surface area is 328 Å². The highest BCUT2D eigenvalue weighted by atomic mass is 35.5. The number of hydrogen-bond donors (Lipinski definition) is 0. The molecule has 8 aromatic rings. The summed E-state index contributed by atoms with van der Waals surface area (Å²) in [7, 11) is 0. The van der Waals surface area contributed by atoms with E-state index in [9.17, 15) is 0 Å². The second kappa shape index (κ2) is 12.5. The molecule has 0 atom stereocenters. The topological polar surface area (TPSA) is 3.24 Å². The Kier molecular flexibility index (Phi) is 7.38. The molecule has 0 fully saturated rings. The van der Waals surface area contributed by atoms with Crippen LogP contribution in [-0.2, 0) is 5.41 Å². The molecule has 1 nitrogen and oxygen atoms in total. The number of anilines is 2. The number of halogens is 1. The molecule has 1 aliphatic heterocycles. The summed E-state index contributed by atoms with van der Waals surface area (Å²) >= 11 is 10.7. The molecule has 54 heavy (non-hydrogen) atoms. The summed E-state index contributed by atoms with van der Waals surface area (Å²) in [4.78, 5) is 5.05. The van der Waals surface area contributed by atoms with Crippen LogP contribution in [0.2, 0.25) is 5.02 Å². The van der Waals surface area contributed by atoms with Gasteiger partial charge in [-0.05, 0) is 87.0 Å². The monoisotopic (exact) mass is 745 g/mol. The van der Waals surface area contributed by atoms with Gasteiger partial charge >= 0.3 is 0 Å². The summed E-state index contributed by atoms with van der Waals surface area (Å²) in [6, 6.07) is 55.8. The first-order chi connectivity index (χ1) is 26.7. The van der Waals surface area contributed by atoms with Crippen molar-refractivity contribution in [2.24, 2.45) is 0 Å². The maximum absolute atomic E-state index is 6.91.